The van der Waals surface area contributed by atoms with Crippen LogP contribution in [0.4, 0.5) is 13.6 Å². The molecular weight excluding hydrogens is 316 g/mol. The van der Waals surface area contributed by atoms with E-state index in [0.29, 0.717) is 32.7 Å². The van der Waals surface area contributed by atoms with Gasteiger partial charge in [0, 0.05) is 38.3 Å². The Balaban J connectivity index is 1.89. The summed E-state index contributed by atoms with van der Waals surface area (Å²) in [4.78, 5) is 27.6. The molecule has 0 saturated carbocycles. The minimum Gasteiger partial charge on any atom is -0.337 e. The van der Waals surface area contributed by atoms with Gasteiger partial charge in [-0.25, -0.2) is 13.6 Å². The zero-order valence-corrected chi connectivity index (χ0v) is 14.2. The zero-order chi connectivity index (χ0) is 17.9. The van der Waals surface area contributed by atoms with Crippen molar-refractivity contribution >= 4 is 11.9 Å². The molecular formula is C17H23F2N3O2. The molecule has 0 aliphatic carbocycles. The first-order valence-corrected chi connectivity index (χ1v) is 7.94. The van der Waals surface area contributed by atoms with Crippen LogP contribution < -0.4 is 5.32 Å². The van der Waals surface area contributed by atoms with Crippen molar-refractivity contribution in [3.63, 3.8) is 0 Å². The summed E-state index contributed by atoms with van der Waals surface area (Å²) in [5.41, 5.74) is 0.111. The van der Waals surface area contributed by atoms with Crippen LogP contribution in [0.15, 0.2) is 18.2 Å². The third-order valence-electron chi connectivity index (χ3n) is 3.79. The van der Waals surface area contributed by atoms with E-state index in [0.717, 1.165) is 12.1 Å². The van der Waals surface area contributed by atoms with Gasteiger partial charge in [-0.05, 0) is 23.6 Å². The lowest BCUT2D eigenvalue weighted by molar-refractivity contribution is 0.0663. The van der Waals surface area contributed by atoms with E-state index in [2.05, 4.69) is 5.32 Å². The molecule has 1 fully saturated rings. The average Bonchev–Trinajstić information content (AvgIpc) is 2.54. The molecule has 1 aromatic carbocycles. The van der Waals surface area contributed by atoms with E-state index < -0.39 is 11.6 Å². The average molecular weight is 339 g/mol. The molecule has 1 heterocycles. The van der Waals surface area contributed by atoms with Crippen molar-refractivity contribution in [1.82, 2.24) is 15.1 Å². The molecule has 24 heavy (non-hydrogen) atoms. The molecule has 7 heteroatoms. The SMILES string of the molecule is CC(C)(C)CNC(=O)N1CCN(C(=O)c2ccc(F)c(F)c2)CC1. The highest BCUT2D eigenvalue weighted by atomic mass is 19.2. The van der Waals surface area contributed by atoms with Gasteiger partial charge in [-0.1, -0.05) is 20.8 Å². The maximum Gasteiger partial charge on any atom is 0.317 e. The summed E-state index contributed by atoms with van der Waals surface area (Å²) in [5.74, 6) is -2.38. The number of nitrogens with one attached hydrogen (secondary N) is 1. The number of urea groups is 1. The van der Waals surface area contributed by atoms with E-state index in [1.807, 2.05) is 20.8 Å². The maximum absolute atomic E-state index is 13.2. The molecule has 0 bridgehead atoms. The number of carbonyl (C=O) groups is 2. The molecule has 0 unspecified atom stereocenters. The van der Waals surface area contributed by atoms with Crippen molar-refractivity contribution in [1.29, 1.82) is 0 Å². The maximum atomic E-state index is 13.2. The molecule has 1 aliphatic heterocycles. The minimum absolute atomic E-state index is 0.000103. The number of hydrogen-bond acceptors (Lipinski definition) is 2. The number of amides is 3. The molecule has 3 amide bonds. The second-order valence-corrected chi connectivity index (χ2v) is 7.13. The quantitative estimate of drug-likeness (QED) is 0.900. The van der Waals surface area contributed by atoms with Gasteiger partial charge in [-0.3, -0.25) is 4.79 Å². The van der Waals surface area contributed by atoms with Crippen LogP contribution in [0.2, 0.25) is 0 Å². The normalized spacial score (nSPS) is 15.4. The summed E-state index contributed by atoms with van der Waals surface area (Å²) in [5, 5.41) is 2.87. The second kappa shape index (κ2) is 7.15. The first kappa shape index (κ1) is 18.2. The summed E-state index contributed by atoms with van der Waals surface area (Å²) in [6.07, 6.45) is 0. The molecule has 0 aromatic heterocycles. The third-order valence-corrected chi connectivity index (χ3v) is 3.79. The van der Waals surface area contributed by atoms with E-state index >= 15 is 0 Å². The first-order chi connectivity index (χ1) is 11.2. The Morgan fingerprint density at radius 3 is 2.17 bits per heavy atom. The molecule has 132 valence electrons. The Hall–Kier alpha value is -2.18. The van der Waals surface area contributed by atoms with Gasteiger partial charge in [0.05, 0.1) is 0 Å². The molecule has 1 aliphatic rings. The van der Waals surface area contributed by atoms with Gasteiger partial charge in [0.25, 0.3) is 5.91 Å². The van der Waals surface area contributed by atoms with Crippen LogP contribution in [0, 0.1) is 17.0 Å². The van der Waals surface area contributed by atoms with E-state index in [4.69, 9.17) is 0 Å². The lowest BCUT2D eigenvalue weighted by Crippen LogP contribution is -2.53. The van der Waals surface area contributed by atoms with Crippen LogP contribution in [-0.4, -0.2) is 54.5 Å². The van der Waals surface area contributed by atoms with Crippen molar-refractivity contribution in [2.45, 2.75) is 20.8 Å². The predicted octanol–water partition coefficient (Wildman–Crippen LogP) is 2.48. The number of rotatable bonds is 2. The fourth-order valence-electron chi connectivity index (χ4n) is 2.38. The Morgan fingerprint density at radius 2 is 1.62 bits per heavy atom. The third kappa shape index (κ3) is 4.66. The van der Waals surface area contributed by atoms with Crippen molar-refractivity contribution < 1.29 is 18.4 Å². The molecule has 1 saturated heterocycles. The summed E-state index contributed by atoms with van der Waals surface area (Å²) in [7, 11) is 0. The highest BCUT2D eigenvalue weighted by Gasteiger charge is 2.25. The van der Waals surface area contributed by atoms with Crippen LogP contribution in [0.3, 0.4) is 0 Å². The molecule has 1 N–H and O–H groups in total. The smallest absolute Gasteiger partial charge is 0.317 e. The summed E-state index contributed by atoms with van der Waals surface area (Å²) in [6, 6.07) is 2.96. The number of halogens is 2. The number of piperazine rings is 1. The molecule has 0 radical (unpaired) electrons. The molecule has 0 spiro atoms. The van der Waals surface area contributed by atoms with Gasteiger partial charge in [0.1, 0.15) is 0 Å². The monoisotopic (exact) mass is 339 g/mol. The molecule has 0 atom stereocenters. The van der Waals surface area contributed by atoms with Crippen molar-refractivity contribution in [2.24, 2.45) is 5.41 Å². The van der Waals surface area contributed by atoms with Crippen LogP contribution in [0.1, 0.15) is 31.1 Å². The number of nitrogens with zero attached hydrogens (tertiary/aromatic N) is 2. The Bertz CT molecular complexity index is 621. The van der Waals surface area contributed by atoms with E-state index in [1.165, 1.54) is 6.07 Å². The van der Waals surface area contributed by atoms with Gasteiger partial charge in [-0.15, -0.1) is 0 Å². The highest BCUT2D eigenvalue weighted by Crippen LogP contribution is 2.14. The van der Waals surface area contributed by atoms with E-state index in [-0.39, 0.29) is 22.9 Å². The van der Waals surface area contributed by atoms with Gasteiger partial charge >= 0.3 is 6.03 Å². The number of benzene rings is 1. The largest absolute Gasteiger partial charge is 0.337 e. The first-order valence-electron chi connectivity index (χ1n) is 7.94. The van der Waals surface area contributed by atoms with Gasteiger partial charge < -0.3 is 15.1 Å². The number of hydrogen-bond donors (Lipinski definition) is 1. The van der Waals surface area contributed by atoms with Crippen molar-refractivity contribution in [2.75, 3.05) is 32.7 Å². The second-order valence-electron chi connectivity index (χ2n) is 7.13. The van der Waals surface area contributed by atoms with Crippen LogP contribution in [0.25, 0.3) is 0 Å². The van der Waals surface area contributed by atoms with Crippen LogP contribution >= 0.6 is 0 Å². The van der Waals surface area contributed by atoms with Crippen molar-refractivity contribution in [3.8, 4) is 0 Å². The Kier molecular flexibility index (Phi) is 5.41. The Labute approximate surface area is 140 Å². The van der Waals surface area contributed by atoms with E-state index in [1.54, 1.807) is 9.80 Å². The van der Waals surface area contributed by atoms with Gasteiger partial charge in [-0.2, -0.15) is 0 Å². The number of carbonyl (C=O) groups excluding carboxylic acids is 2. The summed E-state index contributed by atoms with van der Waals surface area (Å²) < 4.78 is 26.2. The summed E-state index contributed by atoms with van der Waals surface area (Å²) in [6.45, 7) is 8.21. The lowest BCUT2D eigenvalue weighted by Gasteiger charge is -2.35. The minimum atomic E-state index is -1.04. The van der Waals surface area contributed by atoms with Crippen LogP contribution in [-0.2, 0) is 0 Å². The van der Waals surface area contributed by atoms with Crippen molar-refractivity contribution in [3.05, 3.63) is 35.4 Å². The zero-order valence-electron chi connectivity index (χ0n) is 14.2. The Morgan fingerprint density at radius 1 is 1.04 bits per heavy atom. The van der Waals surface area contributed by atoms with Gasteiger partial charge in [0.15, 0.2) is 11.6 Å². The van der Waals surface area contributed by atoms with Gasteiger partial charge in [0.2, 0.25) is 0 Å². The molecule has 1 aromatic rings. The highest BCUT2D eigenvalue weighted by molar-refractivity contribution is 5.94. The standard InChI is InChI=1S/C17H23F2N3O2/c1-17(2,3)11-20-16(24)22-8-6-21(7-9-22)15(23)12-4-5-13(18)14(19)10-12/h4-5,10H,6-9,11H2,1-3H3,(H,20,24). The fourth-order valence-corrected chi connectivity index (χ4v) is 2.38. The molecule has 5 nitrogen and oxygen atoms in total. The predicted molar refractivity (Wildman–Crippen MR) is 86.7 cm³/mol. The summed E-state index contributed by atoms with van der Waals surface area (Å²) >= 11 is 0. The van der Waals surface area contributed by atoms with E-state index in [9.17, 15) is 18.4 Å². The molecule has 2 rings (SSSR count). The fraction of sp³-hybridized carbons (Fsp3) is 0.529. The van der Waals surface area contributed by atoms with Crippen LogP contribution in [0.5, 0.6) is 0 Å². The lowest BCUT2D eigenvalue weighted by atomic mass is 9.97. The topological polar surface area (TPSA) is 52.7 Å².